The first-order valence-electron chi connectivity index (χ1n) is 9.49. The molecule has 0 fully saturated rings. The normalized spacial score (nSPS) is 11.3. The van der Waals surface area contributed by atoms with E-state index < -0.39 is 0 Å². The molecule has 6 heteroatoms. The Kier molecular flexibility index (Phi) is 4.11. The van der Waals surface area contributed by atoms with Crippen molar-refractivity contribution >= 4 is 43.1 Å². The van der Waals surface area contributed by atoms with E-state index in [1.54, 1.807) is 28.9 Å². The van der Waals surface area contributed by atoms with E-state index in [0.29, 0.717) is 0 Å². The van der Waals surface area contributed by atoms with Gasteiger partial charge in [0.1, 0.15) is 10.0 Å². The summed E-state index contributed by atoms with van der Waals surface area (Å²) in [6.45, 7) is 0. The lowest BCUT2D eigenvalue weighted by molar-refractivity contribution is 1.24. The second-order valence-electron chi connectivity index (χ2n) is 6.77. The van der Waals surface area contributed by atoms with Crippen molar-refractivity contribution in [2.75, 3.05) is 0 Å². The zero-order valence-electron chi connectivity index (χ0n) is 15.7. The Hall–Kier alpha value is -3.48. The Balaban J connectivity index is 1.66. The van der Waals surface area contributed by atoms with E-state index in [4.69, 9.17) is 15.0 Å². The maximum atomic E-state index is 4.94. The highest BCUT2D eigenvalue weighted by atomic mass is 32.1. The highest BCUT2D eigenvalue weighted by Crippen LogP contribution is 2.43. The maximum Gasteiger partial charge on any atom is 0.127 e. The molecule has 30 heavy (non-hydrogen) atoms. The number of benzene rings is 2. The van der Waals surface area contributed by atoms with E-state index in [1.165, 1.54) is 4.70 Å². The van der Waals surface area contributed by atoms with Crippen LogP contribution in [-0.2, 0) is 0 Å². The van der Waals surface area contributed by atoms with Gasteiger partial charge in [0.25, 0.3) is 0 Å². The number of thiazole rings is 2. The van der Waals surface area contributed by atoms with Gasteiger partial charge in [-0.1, -0.05) is 30.3 Å². The van der Waals surface area contributed by atoms with Crippen molar-refractivity contribution in [2.24, 2.45) is 0 Å². The van der Waals surface area contributed by atoms with Gasteiger partial charge in [-0.2, -0.15) is 0 Å². The van der Waals surface area contributed by atoms with Crippen molar-refractivity contribution in [3.63, 3.8) is 0 Å². The van der Waals surface area contributed by atoms with Crippen LogP contribution >= 0.6 is 22.7 Å². The van der Waals surface area contributed by atoms with Crippen molar-refractivity contribution in [3.8, 4) is 32.5 Å². The molecule has 6 rings (SSSR count). The summed E-state index contributed by atoms with van der Waals surface area (Å²) in [5.41, 5.74) is 5.66. The maximum absolute atomic E-state index is 4.94. The fourth-order valence-corrected chi connectivity index (χ4v) is 5.54. The van der Waals surface area contributed by atoms with Gasteiger partial charge in [-0.3, -0.25) is 9.97 Å². The summed E-state index contributed by atoms with van der Waals surface area (Å²) in [5, 5.41) is 1.89. The Bertz CT molecular complexity index is 1440. The molecule has 0 bridgehead atoms. The number of hydrogen-bond acceptors (Lipinski definition) is 6. The molecule has 0 atom stereocenters. The van der Waals surface area contributed by atoms with Gasteiger partial charge in [-0.05, 0) is 42.5 Å². The molecule has 4 nitrogen and oxygen atoms in total. The minimum Gasteiger partial charge on any atom is -0.255 e. The Morgan fingerprint density at radius 2 is 1.23 bits per heavy atom. The van der Waals surface area contributed by atoms with Crippen molar-refractivity contribution in [2.45, 2.75) is 0 Å². The van der Waals surface area contributed by atoms with Gasteiger partial charge in [0.2, 0.25) is 0 Å². The average molecular weight is 423 g/mol. The lowest BCUT2D eigenvalue weighted by Crippen LogP contribution is -1.94. The SMILES string of the molecule is c1ccc(-c2nccc(-c3nc4ccccc4s3)c2-c2nc3ccccc3s2)nc1. The lowest BCUT2D eigenvalue weighted by atomic mass is 10.0. The van der Waals surface area contributed by atoms with E-state index in [2.05, 4.69) is 17.1 Å². The molecule has 0 N–H and O–H groups in total. The van der Waals surface area contributed by atoms with Crippen LogP contribution in [0.1, 0.15) is 0 Å². The predicted molar refractivity (Wildman–Crippen MR) is 125 cm³/mol. The first kappa shape index (κ1) is 17.4. The Morgan fingerprint density at radius 1 is 0.567 bits per heavy atom. The highest BCUT2D eigenvalue weighted by Gasteiger charge is 2.21. The van der Waals surface area contributed by atoms with Crippen LogP contribution in [0, 0.1) is 0 Å². The van der Waals surface area contributed by atoms with Crippen LogP contribution in [0.4, 0.5) is 0 Å². The van der Waals surface area contributed by atoms with Gasteiger partial charge < -0.3 is 0 Å². The average Bonchev–Trinajstić information content (AvgIpc) is 3.43. The molecule has 142 valence electrons. The van der Waals surface area contributed by atoms with E-state index in [9.17, 15) is 0 Å². The number of aromatic nitrogens is 4. The molecule has 0 saturated carbocycles. The van der Waals surface area contributed by atoms with Crippen LogP contribution in [0.3, 0.4) is 0 Å². The van der Waals surface area contributed by atoms with E-state index in [-0.39, 0.29) is 0 Å². The molecular weight excluding hydrogens is 408 g/mol. The zero-order chi connectivity index (χ0) is 19.9. The topological polar surface area (TPSA) is 51.6 Å². The molecule has 0 saturated heterocycles. The summed E-state index contributed by atoms with van der Waals surface area (Å²) in [6, 6.07) is 24.3. The standard InChI is InChI=1S/C24H14N4S2/c1-3-10-19-16(7-1)27-23(29-19)15-12-14-26-22(18-9-5-6-13-25-18)21(15)24-28-17-8-2-4-11-20(17)30-24/h1-14H. The Labute approximate surface area is 180 Å². The number of para-hydroxylation sites is 2. The predicted octanol–water partition coefficient (Wildman–Crippen LogP) is 6.70. The highest BCUT2D eigenvalue weighted by molar-refractivity contribution is 7.22. The third-order valence-electron chi connectivity index (χ3n) is 4.89. The van der Waals surface area contributed by atoms with Gasteiger partial charge in [-0.15, -0.1) is 22.7 Å². The summed E-state index contributed by atoms with van der Waals surface area (Å²) in [7, 11) is 0. The Morgan fingerprint density at radius 3 is 1.93 bits per heavy atom. The molecule has 0 aliphatic carbocycles. The first-order chi connectivity index (χ1) is 14.9. The van der Waals surface area contributed by atoms with Crippen LogP contribution in [0.15, 0.2) is 85.2 Å². The summed E-state index contributed by atoms with van der Waals surface area (Å²) >= 11 is 3.36. The van der Waals surface area contributed by atoms with Crippen LogP contribution in [0.25, 0.3) is 53.0 Å². The minimum atomic E-state index is 0.825. The zero-order valence-corrected chi connectivity index (χ0v) is 17.3. The van der Waals surface area contributed by atoms with Crippen molar-refractivity contribution in [1.82, 2.24) is 19.9 Å². The summed E-state index contributed by atoms with van der Waals surface area (Å²) in [4.78, 5) is 19.1. The van der Waals surface area contributed by atoms with Crippen molar-refractivity contribution in [3.05, 3.63) is 85.2 Å². The summed E-state index contributed by atoms with van der Waals surface area (Å²) < 4.78 is 2.32. The first-order valence-corrected chi connectivity index (χ1v) is 11.1. The number of hydrogen-bond donors (Lipinski definition) is 0. The molecule has 0 spiro atoms. The smallest absolute Gasteiger partial charge is 0.127 e. The van der Waals surface area contributed by atoms with Gasteiger partial charge in [0, 0.05) is 23.5 Å². The van der Waals surface area contributed by atoms with E-state index in [1.807, 2.05) is 66.9 Å². The van der Waals surface area contributed by atoms with Gasteiger partial charge in [-0.25, -0.2) is 9.97 Å². The third kappa shape index (κ3) is 2.89. The summed E-state index contributed by atoms with van der Waals surface area (Å²) in [6.07, 6.45) is 3.63. The van der Waals surface area contributed by atoms with E-state index >= 15 is 0 Å². The molecule has 4 aromatic heterocycles. The van der Waals surface area contributed by atoms with Crippen LogP contribution in [-0.4, -0.2) is 19.9 Å². The van der Waals surface area contributed by atoms with Crippen LogP contribution < -0.4 is 0 Å². The molecule has 0 aliphatic heterocycles. The quantitative estimate of drug-likeness (QED) is 0.318. The second kappa shape index (κ2) is 7.09. The fourth-order valence-electron chi connectivity index (χ4n) is 3.52. The van der Waals surface area contributed by atoms with Crippen LogP contribution in [0.5, 0.6) is 0 Å². The molecule has 0 amide bonds. The number of fused-ring (bicyclic) bond motifs is 2. The molecule has 0 aliphatic rings. The van der Waals surface area contributed by atoms with Gasteiger partial charge >= 0.3 is 0 Å². The second-order valence-corrected chi connectivity index (χ2v) is 8.83. The number of pyridine rings is 2. The lowest BCUT2D eigenvalue weighted by Gasteiger charge is -2.10. The monoisotopic (exact) mass is 422 g/mol. The minimum absolute atomic E-state index is 0.825. The number of rotatable bonds is 3. The molecular formula is C24H14N4S2. The van der Waals surface area contributed by atoms with Crippen molar-refractivity contribution in [1.29, 1.82) is 0 Å². The van der Waals surface area contributed by atoms with Gasteiger partial charge in [0.15, 0.2) is 0 Å². The molecule has 2 aromatic carbocycles. The summed E-state index contributed by atoms with van der Waals surface area (Å²) in [5.74, 6) is 0. The number of nitrogens with zero attached hydrogens (tertiary/aromatic N) is 4. The molecule has 4 heterocycles. The van der Waals surface area contributed by atoms with E-state index in [0.717, 1.165) is 48.3 Å². The van der Waals surface area contributed by atoms with Crippen LogP contribution in [0.2, 0.25) is 0 Å². The van der Waals surface area contributed by atoms with Crippen molar-refractivity contribution < 1.29 is 0 Å². The molecule has 0 unspecified atom stereocenters. The molecule has 6 aromatic rings. The largest absolute Gasteiger partial charge is 0.255 e. The fraction of sp³-hybridized carbons (Fsp3) is 0. The molecule has 0 radical (unpaired) electrons. The third-order valence-corrected chi connectivity index (χ3v) is 7.01. The van der Waals surface area contributed by atoms with Gasteiger partial charge in [0.05, 0.1) is 31.8 Å².